The number of carboxylic acids is 1. The number of hydrogen-bond acceptors (Lipinski definition) is 6. The molecule has 0 aliphatic carbocycles. The van der Waals surface area contributed by atoms with Crippen molar-refractivity contribution >= 4 is 40.5 Å². The Morgan fingerprint density at radius 1 is 1.19 bits per heavy atom. The number of nitrogens with one attached hydrogen (secondary N) is 1. The van der Waals surface area contributed by atoms with E-state index >= 15 is 0 Å². The highest BCUT2D eigenvalue weighted by Gasteiger charge is 2.32. The predicted octanol–water partition coefficient (Wildman–Crippen LogP) is 3.39. The number of halogens is 1. The fourth-order valence-corrected chi connectivity index (χ4v) is 4.89. The van der Waals surface area contributed by atoms with Crippen molar-refractivity contribution in [1.82, 2.24) is 20.1 Å². The van der Waals surface area contributed by atoms with E-state index in [-0.39, 0.29) is 6.42 Å². The molecule has 1 unspecified atom stereocenters. The van der Waals surface area contributed by atoms with E-state index in [4.69, 9.17) is 21.7 Å². The summed E-state index contributed by atoms with van der Waals surface area (Å²) in [7, 11) is 0. The number of nitrogens with zero attached hydrogens (tertiary/aromatic N) is 4. The Bertz CT molecular complexity index is 1210. The molecule has 0 bridgehead atoms. The van der Waals surface area contributed by atoms with Gasteiger partial charge >= 0.3 is 5.97 Å². The van der Waals surface area contributed by atoms with Gasteiger partial charge in [0.1, 0.15) is 23.4 Å². The van der Waals surface area contributed by atoms with Gasteiger partial charge in [0.05, 0.1) is 12.1 Å². The number of carbonyl (C=O) groups is 2. The van der Waals surface area contributed by atoms with Gasteiger partial charge in [0.25, 0.3) is 0 Å². The van der Waals surface area contributed by atoms with E-state index < -0.39 is 24.5 Å². The van der Waals surface area contributed by atoms with Crippen molar-refractivity contribution in [1.29, 1.82) is 0 Å². The summed E-state index contributed by atoms with van der Waals surface area (Å²) >= 11 is 7.72. The third kappa shape index (κ3) is 3.98. The van der Waals surface area contributed by atoms with E-state index in [0.29, 0.717) is 16.7 Å². The summed E-state index contributed by atoms with van der Waals surface area (Å²) in [5, 5.41) is 21.4. The summed E-state index contributed by atoms with van der Waals surface area (Å²) < 4.78 is 1.95. The highest BCUT2D eigenvalue weighted by Crippen LogP contribution is 2.39. The number of aromatic nitrogens is 3. The Balaban J connectivity index is 1.88. The first kappa shape index (κ1) is 21.2. The number of aliphatic carboxylic acids is 1. The first-order valence-corrected chi connectivity index (χ1v) is 10.8. The molecule has 0 saturated heterocycles. The van der Waals surface area contributed by atoms with E-state index in [9.17, 15) is 9.59 Å². The smallest absolute Gasteiger partial charge is 0.322 e. The Kier molecular flexibility index (Phi) is 5.63. The van der Waals surface area contributed by atoms with Crippen LogP contribution < -0.4 is 5.32 Å². The van der Waals surface area contributed by atoms with Gasteiger partial charge in [-0.1, -0.05) is 23.7 Å². The molecule has 0 spiro atoms. The molecule has 8 nitrogen and oxygen atoms in total. The summed E-state index contributed by atoms with van der Waals surface area (Å²) in [6.45, 7) is 5.52. The lowest BCUT2D eigenvalue weighted by Gasteiger charge is -2.12. The Hall–Kier alpha value is -3.04. The van der Waals surface area contributed by atoms with E-state index in [1.54, 1.807) is 23.5 Å². The second-order valence-corrected chi connectivity index (χ2v) is 8.92. The van der Waals surface area contributed by atoms with Crippen molar-refractivity contribution in [2.75, 3.05) is 6.54 Å². The van der Waals surface area contributed by atoms with E-state index in [1.165, 1.54) is 0 Å². The molecule has 10 heteroatoms. The zero-order chi connectivity index (χ0) is 22.3. The van der Waals surface area contributed by atoms with Gasteiger partial charge in [0, 0.05) is 21.0 Å². The molecule has 1 aliphatic heterocycles. The van der Waals surface area contributed by atoms with Gasteiger partial charge in [0.15, 0.2) is 5.82 Å². The lowest BCUT2D eigenvalue weighted by Crippen LogP contribution is -2.30. The standard InChI is InChI=1S/C21H20ClN5O3S/c1-10-11(2)31-21-18(10)19(13-4-6-14(22)7-5-13)24-15(8-16(28)23-9-17(29)30)20-26-25-12(3)27(20)21/h4-7,15H,8-9H2,1-3H3,(H,23,28)(H,29,30). The molecule has 2 N–H and O–H groups in total. The van der Waals surface area contributed by atoms with Crippen LogP contribution >= 0.6 is 22.9 Å². The van der Waals surface area contributed by atoms with Crippen LogP contribution in [-0.2, 0) is 9.59 Å². The first-order valence-electron chi connectivity index (χ1n) is 9.61. The third-order valence-electron chi connectivity index (χ3n) is 5.17. The molecule has 0 saturated carbocycles. The van der Waals surface area contributed by atoms with E-state index in [0.717, 1.165) is 32.3 Å². The number of thiophene rings is 1. The van der Waals surface area contributed by atoms with E-state index in [1.807, 2.05) is 23.6 Å². The lowest BCUT2D eigenvalue weighted by molar-refractivity contribution is -0.138. The molecule has 1 aliphatic rings. The SMILES string of the molecule is Cc1sc2c(c1C)C(c1ccc(Cl)cc1)=NC(CC(=O)NCC(=O)O)c1nnc(C)n1-2. The molecule has 1 aromatic carbocycles. The van der Waals surface area contributed by atoms with Gasteiger partial charge < -0.3 is 10.4 Å². The monoisotopic (exact) mass is 457 g/mol. The summed E-state index contributed by atoms with van der Waals surface area (Å²) in [4.78, 5) is 29.4. The molecule has 0 fully saturated rings. The number of rotatable bonds is 5. The zero-order valence-corrected chi connectivity index (χ0v) is 18.7. The van der Waals surface area contributed by atoms with Crippen molar-refractivity contribution in [3.05, 3.63) is 62.5 Å². The van der Waals surface area contributed by atoms with Crippen molar-refractivity contribution < 1.29 is 14.7 Å². The quantitative estimate of drug-likeness (QED) is 0.610. The van der Waals surface area contributed by atoms with Crippen molar-refractivity contribution in [3.63, 3.8) is 0 Å². The Morgan fingerprint density at radius 2 is 1.90 bits per heavy atom. The van der Waals surface area contributed by atoms with Crippen LogP contribution in [0.2, 0.25) is 5.02 Å². The van der Waals surface area contributed by atoms with Crippen molar-refractivity contribution in [3.8, 4) is 5.00 Å². The molecule has 3 heterocycles. The molecule has 160 valence electrons. The Morgan fingerprint density at radius 3 is 2.58 bits per heavy atom. The van der Waals surface area contributed by atoms with E-state index in [2.05, 4.69) is 29.4 Å². The average molecular weight is 458 g/mol. The fourth-order valence-electron chi connectivity index (χ4n) is 3.55. The summed E-state index contributed by atoms with van der Waals surface area (Å²) in [6.07, 6.45) is -0.0462. The van der Waals surface area contributed by atoms with Crippen LogP contribution in [0, 0.1) is 20.8 Å². The number of amides is 1. The van der Waals surface area contributed by atoms with Crippen LogP contribution in [0.25, 0.3) is 5.00 Å². The third-order valence-corrected chi connectivity index (χ3v) is 6.62. The molecule has 1 atom stereocenters. The molecule has 2 aromatic heterocycles. The van der Waals surface area contributed by atoms with Crippen molar-refractivity contribution in [2.45, 2.75) is 33.2 Å². The largest absolute Gasteiger partial charge is 0.480 e. The topological polar surface area (TPSA) is 109 Å². The number of carboxylic acid groups (broad SMARTS) is 1. The first-order chi connectivity index (χ1) is 14.8. The molecule has 31 heavy (non-hydrogen) atoms. The lowest BCUT2D eigenvalue weighted by atomic mass is 9.99. The van der Waals surface area contributed by atoms with Gasteiger partial charge in [0.2, 0.25) is 5.91 Å². The second-order valence-electron chi connectivity index (χ2n) is 7.28. The number of carbonyl (C=O) groups excluding carboxylic acids is 1. The fraction of sp³-hybridized carbons (Fsp3) is 0.286. The summed E-state index contributed by atoms with van der Waals surface area (Å²) in [5.74, 6) is -0.278. The summed E-state index contributed by atoms with van der Waals surface area (Å²) in [6, 6.07) is 6.78. The highest BCUT2D eigenvalue weighted by atomic mass is 35.5. The maximum absolute atomic E-state index is 12.4. The van der Waals surface area contributed by atoms with Gasteiger partial charge in [-0.2, -0.15) is 0 Å². The van der Waals surface area contributed by atoms with Crippen LogP contribution in [0.15, 0.2) is 29.3 Å². The minimum absolute atomic E-state index is 0.0462. The number of aryl methyl sites for hydroxylation is 2. The summed E-state index contributed by atoms with van der Waals surface area (Å²) in [5.41, 5.74) is 3.69. The van der Waals surface area contributed by atoms with Gasteiger partial charge in [-0.15, -0.1) is 21.5 Å². The number of aliphatic imine (C=N–C) groups is 1. The number of hydrogen-bond donors (Lipinski definition) is 2. The molecular formula is C21H20ClN5O3S. The Labute approximate surface area is 187 Å². The van der Waals surface area contributed by atoms with Crippen LogP contribution in [0.5, 0.6) is 0 Å². The molecule has 0 radical (unpaired) electrons. The van der Waals surface area contributed by atoms with Crippen LogP contribution in [0.3, 0.4) is 0 Å². The molecule has 4 rings (SSSR count). The van der Waals surface area contributed by atoms with Crippen molar-refractivity contribution in [2.24, 2.45) is 4.99 Å². The average Bonchev–Trinajstić information content (AvgIpc) is 3.19. The van der Waals surface area contributed by atoms with Gasteiger partial charge in [-0.25, -0.2) is 0 Å². The highest BCUT2D eigenvalue weighted by molar-refractivity contribution is 7.15. The van der Waals surface area contributed by atoms with Crippen LogP contribution in [-0.4, -0.2) is 44.0 Å². The molecule has 3 aromatic rings. The minimum Gasteiger partial charge on any atom is -0.480 e. The maximum atomic E-state index is 12.4. The predicted molar refractivity (Wildman–Crippen MR) is 119 cm³/mol. The normalized spacial score (nSPS) is 15.0. The number of benzene rings is 1. The second kappa shape index (κ2) is 8.24. The van der Waals surface area contributed by atoms with Crippen LogP contribution in [0.1, 0.15) is 45.7 Å². The maximum Gasteiger partial charge on any atom is 0.322 e. The van der Waals surface area contributed by atoms with Gasteiger partial charge in [-0.05, 0) is 38.5 Å². The zero-order valence-electron chi connectivity index (χ0n) is 17.1. The van der Waals surface area contributed by atoms with Crippen LogP contribution in [0.4, 0.5) is 0 Å². The van der Waals surface area contributed by atoms with Gasteiger partial charge in [-0.3, -0.25) is 19.1 Å². The molecular weight excluding hydrogens is 438 g/mol. The molecule has 1 amide bonds. The minimum atomic E-state index is -1.10. The number of fused-ring (bicyclic) bond motifs is 3.